The third-order valence-corrected chi connectivity index (χ3v) is 3.58. The third kappa shape index (κ3) is 5.15. The molecule has 0 spiro atoms. The first kappa shape index (κ1) is 19.1. The molecule has 136 valence electrons. The van der Waals surface area contributed by atoms with Gasteiger partial charge in [0.15, 0.2) is 11.5 Å². The molecule has 0 radical (unpaired) electrons. The molecular weight excluding hydrogens is 330 g/mol. The Morgan fingerprint density at radius 1 is 1.08 bits per heavy atom. The molecule has 2 aromatic rings. The molecule has 0 saturated heterocycles. The van der Waals surface area contributed by atoms with Gasteiger partial charge in [0.25, 0.3) is 0 Å². The summed E-state index contributed by atoms with van der Waals surface area (Å²) in [5.74, 6) is 1.10. The highest BCUT2D eigenvalue weighted by atomic mass is 16.5. The fourth-order valence-electron chi connectivity index (χ4n) is 2.37. The number of nitrogens with one attached hydrogen (secondary N) is 2. The van der Waals surface area contributed by atoms with Crippen molar-refractivity contribution in [3.05, 3.63) is 48.0 Å². The van der Waals surface area contributed by atoms with Gasteiger partial charge in [-0.05, 0) is 51.1 Å². The largest absolute Gasteiger partial charge is 0.490 e. The van der Waals surface area contributed by atoms with Crippen molar-refractivity contribution >= 4 is 17.3 Å². The van der Waals surface area contributed by atoms with Crippen LogP contribution in [0.2, 0.25) is 0 Å². The van der Waals surface area contributed by atoms with Gasteiger partial charge in [0, 0.05) is 17.4 Å². The predicted octanol–water partition coefficient (Wildman–Crippen LogP) is 3.79. The highest BCUT2D eigenvalue weighted by Crippen LogP contribution is 2.31. The lowest BCUT2D eigenvalue weighted by molar-refractivity contribution is -0.116. The highest BCUT2D eigenvalue weighted by molar-refractivity contribution is 5.96. The SMILES string of the molecule is CCOc1ccc(N[C@H](C)C(=O)Nc2cccc(C#N)c2)cc1OCC. The predicted molar refractivity (Wildman–Crippen MR) is 102 cm³/mol. The van der Waals surface area contributed by atoms with Crippen LogP contribution < -0.4 is 20.1 Å². The topological polar surface area (TPSA) is 83.4 Å². The van der Waals surface area contributed by atoms with E-state index in [1.165, 1.54) is 0 Å². The quantitative estimate of drug-likeness (QED) is 0.754. The lowest BCUT2D eigenvalue weighted by Crippen LogP contribution is -2.31. The molecule has 0 aliphatic carbocycles. The summed E-state index contributed by atoms with van der Waals surface area (Å²) in [4.78, 5) is 12.4. The Labute approximate surface area is 153 Å². The van der Waals surface area contributed by atoms with E-state index in [-0.39, 0.29) is 5.91 Å². The number of carbonyl (C=O) groups is 1. The zero-order chi connectivity index (χ0) is 18.9. The van der Waals surface area contributed by atoms with E-state index >= 15 is 0 Å². The summed E-state index contributed by atoms with van der Waals surface area (Å²) >= 11 is 0. The Hall–Kier alpha value is -3.20. The van der Waals surface area contributed by atoms with Gasteiger partial charge >= 0.3 is 0 Å². The first-order chi connectivity index (χ1) is 12.6. The van der Waals surface area contributed by atoms with Gasteiger partial charge in [-0.15, -0.1) is 0 Å². The van der Waals surface area contributed by atoms with Crippen LogP contribution in [-0.4, -0.2) is 25.2 Å². The molecule has 2 N–H and O–H groups in total. The van der Waals surface area contributed by atoms with Gasteiger partial charge in [-0.3, -0.25) is 4.79 Å². The molecule has 0 heterocycles. The van der Waals surface area contributed by atoms with Gasteiger partial charge in [0.05, 0.1) is 24.8 Å². The van der Waals surface area contributed by atoms with Crippen LogP contribution >= 0.6 is 0 Å². The van der Waals surface area contributed by atoms with Gasteiger partial charge in [0.2, 0.25) is 5.91 Å². The van der Waals surface area contributed by atoms with E-state index in [2.05, 4.69) is 16.7 Å². The van der Waals surface area contributed by atoms with E-state index in [1.807, 2.05) is 32.0 Å². The van der Waals surface area contributed by atoms with Crippen LogP contribution in [0.4, 0.5) is 11.4 Å². The molecule has 2 aromatic carbocycles. The Bertz CT molecular complexity index is 799. The van der Waals surface area contributed by atoms with Crippen molar-refractivity contribution in [1.82, 2.24) is 0 Å². The molecule has 0 aliphatic heterocycles. The first-order valence-electron chi connectivity index (χ1n) is 8.54. The van der Waals surface area contributed by atoms with E-state index in [9.17, 15) is 4.79 Å². The molecule has 1 atom stereocenters. The van der Waals surface area contributed by atoms with Crippen LogP contribution in [0.5, 0.6) is 11.5 Å². The van der Waals surface area contributed by atoms with Gasteiger partial charge in [-0.2, -0.15) is 5.26 Å². The Morgan fingerprint density at radius 3 is 2.50 bits per heavy atom. The van der Waals surface area contributed by atoms with Crippen molar-refractivity contribution in [3.8, 4) is 17.6 Å². The van der Waals surface area contributed by atoms with Gasteiger partial charge in [-0.25, -0.2) is 0 Å². The number of nitriles is 1. The molecule has 26 heavy (non-hydrogen) atoms. The van der Waals surface area contributed by atoms with Gasteiger partial charge in [-0.1, -0.05) is 6.07 Å². The number of carbonyl (C=O) groups excluding carboxylic acids is 1. The number of amides is 1. The second-order valence-corrected chi connectivity index (χ2v) is 5.58. The van der Waals surface area contributed by atoms with E-state index < -0.39 is 6.04 Å². The Balaban J connectivity index is 2.05. The number of ether oxygens (including phenoxy) is 2. The molecule has 6 heteroatoms. The van der Waals surface area contributed by atoms with E-state index in [0.29, 0.717) is 36.0 Å². The molecule has 0 fully saturated rings. The minimum absolute atomic E-state index is 0.202. The maximum atomic E-state index is 12.4. The maximum Gasteiger partial charge on any atom is 0.246 e. The highest BCUT2D eigenvalue weighted by Gasteiger charge is 2.14. The molecule has 6 nitrogen and oxygen atoms in total. The van der Waals surface area contributed by atoms with Crippen molar-refractivity contribution in [2.75, 3.05) is 23.8 Å². The zero-order valence-corrected chi connectivity index (χ0v) is 15.2. The fourth-order valence-corrected chi connectivity index (χ4v) is 2.37. The number of anilines is 2. The van der Waals surface area contributed by atoms with Gasteiger partial charge in [0.1, 0.15) is 6.04 Å². The van der Waals surface area contributed by atoms with Crippen LogP contribution in [0.3, 0.4) is 0 Å². The minimum atomic E-state index is -0.479. The average Bonchev–Trinajstić information content (AvgIpc) is 2.64. The first-order valence-corrected chi connectivity index (χ1v) is 8.54. The van der Waals surface area contributed by atoms with Crippen molar-refractivity contribution in [3.63, 3.8) is 0 Å². The summed E-state index contributed by atoms with van der Waals surface area (Å²) in [6.45, 7) is 6.65. The van der Waals surface area contributed by atoms with Crippen LogP contribution in [0.25, 0.3) is 0 Å². The minimum Gasteiger partial charge on any atom is -0.490 e. The summed E-state index contributed by atoms with van der Waals surface area (Å²) in [7, 11) is 0. The smallest absolute Gasteiger partial charge is 0.246 e. The second-order valence-electron chi connectivity index (χ2n) is 5.58. The zero-order valence-electron chi connectivity index (χ0n) is 15.2. The number of hydrogen-bond donors (Lipinski definition) is 2. The third-order valence-electron chi connectivity index (χ3n) is 3.58. The Morgan fingerprint density at radius 2 is 1.81 bits per heavy atom. The fraction of sp³-hybridized carbons (Fsp3) is 0.300. The summed E-state index contributed by atoms with van der Waals surface area (Å²) in [6, 6.07) is 13.8. The molecule has 0 aromatic heterocycles. The monoisotopic (exact) mass is 353 g/mol. The number of benzene rings is 2. The van der Waals surface area contributed by atoms with Gasteiger partial charge < -0.3 is 20.1 Å². The summed E-state index contributed by atoms with van der Waals surface area (Å²) in [5, 5.41) is 14.9. The lowest BCUT2D eigenvalue weighted by atomic mass is 10.2. The van der Waals surface area contributed by atoms with Crippen LogP contribution in [0, 0.1) is 11.3 Å². The average molecular weight is 353 g/mol. The number of hydrogen-bond acceptors (Lipinski definition) is 5. The van der Waals surface area contributed by atoms with Crippen LogP contribution in [-0.2, 0) is 4.79 Å². The summed E-state index contributed by atoms with van der Waals surface area (Å²) in [5.41, 5.74) is 1.84. The summed E-state index contributed by atoms with van der Waals surface area (Å²) in [6.07, 6.45) is 0. The second kappa shape index (κ2) is 9.33. The molecule has 0 saturated carbocycles. The molecule has 2 rings (SSSR count). The van der Waals surface area contributed by atoms with E-state index in [0.717, 1.165) is 5.69 Å². The maximum absolute atomic E-state index is 12.4. The molecular formula is C20H23N3O3. The van der Waals surface area contributed by atoms with E-state index in [4.69, 9.17) is 14.7 Å². The van der Waals surface area contributed by atoms with Crippen LogP contribution in [0.1, 0.15) is 26.3 Å². The molecule has 0 aliphatic rings. The van der Waals surface area contributed by atoms with Crippen molar-refractivity contribution in [2.24, 2.45) is 0 Å². The summed E-state index contributed by atoms with van der Waals surface area (Å²) < 4.78 is 11.1. The van der Waals surface area contributed by atoms with E-state index in [1.54, 1.807) is 31.2 Å². The lowest BCUT2D eigenvalue weighted by Gasteiger charge is -2.17. The Kier molecular flexibility index (Phi) is 6.86. The van der Waals surface area contributed by atoms with Crippen LogP contribution in [0.15, 0.2) is 42.5 Å². The normalized spacial score (nSPS) is 11.2. The standard InChI is InChI=1S/C20H23N3O3/c1-4-25-18-10-9-17(12-19(18)26-5-2)22-14(3)20(24)23-16-8-6-7-15(11-16)13-21/h6-12,14,22H,4-5H2,1-3H3,(H,23,24)/t14-/m1/s1. The molecule has 0 bridgehead atoms. The number of nitrogens with zero attached hydrogens (tertiary/aromatic N) is 1. The van der Waals surface area contributed by atoms with Crippen molar-refractivity contribution in [1.29, 1.82) is 5.26 Å². The van der Waals surface area contributed by atoms with Crippen molar-refractivity contribution < 1.29 is 14.3 Å². The number of rotatable bonds is 8. The molecule has 0 unspecified atom stereocenters. The van der Waals surface area contributed by atoms with Crippen molar-refractivity contribution in [2.45, 2.75) is 26.8 Å². The molecule has 1 amide bonds.